The van der Waals surface area contributed by atoms with Crippen LogP contribution in [0.25, 0.3) is 0 Å². The number of likely N-dealkylation sites (N-methyl/N-ethyl adjacent to an activating group) is 1. The number of hydrogen-bond acceptors (Lipinski definition) is 3. The topological polar surface area (TPSA) is 58.4 Å². The van der Waals surface area contributed by atoms with Crippen molar-refractivity contribution in [3.05, 3.63) is 0 Å². The zero-order valence-electron chi connectivity index (χ0n) is 10.7. The zero-order chi connectivity index (χ0) is 12.1. The van der Waals surface area contributed by atoms with Gasteiger partial charge in [-0.15, -0.1) is 0 Å². The molecular formula is C12H25N3O. The van der Waals surface area contributed by atoms with Gasteiger partial charge in [-0.3, -0.25) is 9.69 Å². The van der Waals surface area contributed by atoms with E-state index in [2.05, 4.69) is 17.1 Å². The van der Waals surface area contributed by atoms with Crippen molar-refractivity contribution < 1.29 is 4.79 Å². The number of nitrogens with one attached hydrogen (secondary N) is 1. The number of nitrogens with zero attached hydrogens (tertiary/aromatic N) is 1. The van der Waals surface area contributed by atoms with Gasteiger partial charge >= 0.3 is 0 Å². The highest BCUT2D eigenvalue weighted by Crippen LogP contribution is 2.26. The molecular weight excluding hydrogens is 202 g/mol. The zero-order valence-corrected chi connectivity index (χ0v) is 10.7. The van der Waals surface area contributed by atoms with E-state index >= 15 is 0 Å². The van der Waals surface area contributed by atoms with E-state index in [-0.39, 0.29) is 11.9 Å². The Morgan fingerprint density at radius 2 is 2.19 bits per heavy atom. The van der Waals surface area contributed by atoms with Gasteiger partial charge in [0.2, 0.25) is 5.91 Å². The summed E-state index contributed by atoms with van der Waals surface area (Å²) in [7, 11) is 2.01. The molecule has 1 aliphatic carbocycles. The van der Waals surface area contributed by atoms with Gasteiger partial charge in [0.25, 0.3) is 0 Å². The SMILES string of the molecule is CCCNC(=O)C(C)N(C)CC1CC(N)C1. The monoisotopic (exact) mass is 227 g/mol. The van der Waals surface area contributed by atoms with E-state index in [0.29, 0.717) is 12.0 Å². The molecule has 94 valence electrons. The quantitative estimate of drug-likeness (QED) is 0.697. The molecule has 1 fully saturated rings. The van der Waals surface area contributed by atoms with Crippen molar-refractivity contribution in [3.8, 4) is 0 Å². The summed E-state index contributed by atoms with van der Waals surface area (Å²) in [5, 5.41) is 2.93. The number of rotatable bonds is 6. The maximum absolute atomic E-state index is 11.7. The third-order valence-corrected chi connectivity index (χ3v) is 3.41. The first-order valence-corrected chi connectivity index (χ1v) is 6.28. The van der Waals surface area contributed by atoms with Crippen LogP contribution >= 0.6 is 0 Å². The Morgan fingerprint density at radius 3 is 2.69 bits per heavy atom. The minimum atomic E-state index is -0.0385. The number of carbonyl (C=O) groups excluding carboxylic acids is 1. The molecule has 1 amide bonds. The van der Waals surface area contributed by atoms with Crippen molar-refractivity contribution in [1.29, 1.82) is 0 Å². The first-order chi connectivity index (χ1) is 7.54. The van der Waals surface area contributed by atoms with Crippen molar-refractivity contribution in [2.24, 2.45) is 11.7 Å². The number of carbonyl (C=O) groups is 1. The van der Waals surface area contributed by atoms with Crippen LogP contribution < -0.4 is 11.1 Å². The van der Waals surface area contributed by atoms with E-state index in [1.807, 2.05) is 14.0 Å². The van der Waals surface area contributed by atoms with E-state index in [1.54, 1.807) is 0 Å². The van der Waals surface area contributed by atoms with Crippen molar-refractivity contribution >= 4 is 5.91 Å². The number of amides is 1. The highest BCUT2D eigenvalue weighted by Gasteiger charge is 2.29. The summed E-state index contributed by atoms with van der Waals surface area (Å²) in [5.41, 5.74) is 5.75. The van der Waals surface area contributed by atoms with Gasteiger partial charge in [0.1, 0.15) is 0 Å². The Morgan fingerprint density at radius 1 is 1.56 bits per heavy atom. The highest BCUT2D eigenvalue weighted by molar-refractivity contribution is 5.81. The van der Waals surface area contributed by atoms with Crippen LogP contribution in [0.2, 0.25) is 0 Å². The second-order valence-electron chi connectivity index (χ2n) is 5.00. The van der Waals surface area contributed by atoms with Crippen molar-refractivity contribution in [3.63, 3.8) is 0 Å². The van der Waals surface area contributed by atoms with Crippen LogP contribution in [0, 0.1) is 5.92 Å². The summed E-state index contributed by atoms with van der Waals surface area (Å²) < 4.78 is 0. The van der Waals surface area contributed by atoms with Crippen LogP contribution in [0.3, 0.4) is 0 Å². The number of nitrogens with two attached hydrogens (primary N) is 1. The predicted molar refractivity (Wildman–Crippen MR) is 66.1 cm³/mol. The lowest BCUT2D eigenvalue weighted by Crippen LogP contribution is -2.48. The van der Waals surface area contributed by atoms with Crippen molar-refractivity contribution in [1.82, 2.24) is 10.2 Å². The van der Waals surface area contributed by atoms with Crippen LogP contribution in [-0.4, -0.2) is 43.0 Å². The Hall–Kier alpha value is -0.610. The molecule has 0 aliphatic heterocycles. The molecule has 1 unspecified atom stereocenters. The van der Waals surface area contributed by atoms with E-state index in [4.69, 9.17) is 5.73 Å². The van der Waals surface area contributed by atoms with Gasteiger partial charge < -0.3 is 11.1 Å². The molecule has 1 atom stereocenters. The van der Waals surface area contributed by atoms with E-state index in [1.165, 1.54) is 0 Å². The predicted octanol–water partition coefficient (Wildman–Crippen LogP) is 0.570. The van der Waals surface area contributed by atoms with E-state index < -0.39 is 0 Å². The lowest BCUT2D eigenvalue weighted by Gasteiger charge is -2.36. The minimum absolute atomic E-state index is 0.0385. The molecule has 1 rings (SSSR count). The Balaban J connectivity index is 2.23. The molecule has 4 nitrogen and oxygen atoms in total. The standard InChI is InChI=1S/C12H25N3O/c1-4-5-14-12(16)9(2)15(3)8-10-6-11(13)7-10/h9-11H,4-8,13H2,1-3H3,(H,14,16). The van der Waals surface area contributed by atoms with E-state index in [9.17, 15) is 4.79 Å². The Kier molecular flexibility index (Phi) is 5.22. The molecule has 1 saturated carbocycles. The van der Waals surface area contributed by atoms with Crippen molar-refractivity contribution in [2.45, 2.75) is 45.2 Å². The molecule has 0 heterocycles. The fourth-order valence-corrected chi connectivity index (χ4v) is 2.10. The highest BCUT2D eigenvalue weighted by atomic mass is 16.2. The van der Waals surface area contributed by atoms with Gasteiger partial charge in [-0.25, -0.2) is 0 Å². The normalized spacial score (nSPS) is 26.3. The molecule has 0 aromatic heterocycles. The van der Waals surface area contributed by atoms with Gasteiger partial charge in [0.15, 0.2) is 0 Å². The summed E-state index contributed by atoms with van der Waals surface area (Å²) >= 11 is 0. The molecule has 0 aromatic rings. The van der Waals surface area contributed by atoms with Gasteiger partial charge in [-0.1, -0.05) is 6.92 Å². The second kappa shape index (κ2) is 6.21. The third-order valence-electron chi connectivity index (χ3n) is 3.41. The molecule has 3 N–H and O–H groups in total. The average Bonchev–Trinajstić information content (AvgIpc) is 2.22. The van der Waals surface area contributed by atoms with Crippen LogP contribution in [-0.2, 0) is 4.79 Å². The van der Waals surface area contributed by atoms with Crippen LogP contribution in [0.15, 0.2) is 0 Å². The Bertz CT molecular complexity index is 226. The first-order valence-electron chi connectivity index (χ1n) is 6.28. The molecule has 4 heteroatoms. The smallest absolute Gasteiger partial charge is 0.237 e. The van der Waals surface area contributed by atoms with Crippen LogP contribution in [0.1, 0.15) is 33.1 Å². The first kappa shape index (κ1) is 13.5. The summed E-state index contributed by atoms with van der Waals surface area (Å²) in [6.07, 6.45) is 3.20. The summed E-state index contributed by atoms with van der Waals surface area (Å²) in [6, 6.07) is 0.353. The maximum atomic E-state index is 11.7. The van der Waals surface area contributed by atoms with E-state index in [0.717, 1.165) is 32.4 Å². The van der Waals surface area contributed by atoms with Gasteiger partial charge in [0, 0.05) is 19.1 Å². The average molecular weight is 227 g/mol. The van der Waals surface area contributed by atoms with Gasteiger partial charge in [-0.2, -0.15) is 0 Å². The molecule has 16 heavy (non-hydrogen) atoms. The Labute approximate surface area is 98.6 Å². The largest absolute Gasteiger partial charge is 0.355 e. The molecule has 0 saturated heterocycles. The maximum Gasteiger partial charge on any atom is 0.237 e. The molecule has 1 aliphatic rings. The summed E-state index contributed by atoms with van der Waals surface area (Å²) in [6.45, 7) is 5.77. The summed E-state index contributed by atoms with van der Waals surface area (Å²) in [4.78, 5) is 13.8. The lowest BCUT2D eigenvalue weighted by atomic mass is 9.80. The van der Waals surface area contributed by atoms with Crippen LogP contribution in [0.4, 0.5) is 0 Å². The van der Waals surface area contributed by atoms with Crippen molar-refractivity contribution in [2.75, 3.05) is 20.1 Å². The number of hydrogen-bond donors (Lipinski definition) is 2. The molecule has 0 radical (unpaired) electrons. The van der Waals surface area contributed by atoms with Crippen LogP contribution in [0.5, 0.6) is 0 Å². The third kappa shape index (κ3) is 3.76. The molecule has 0 aromatic carbocycles. The summed E-state index contributed by atoms with van der Waals surface area (Å²) in [5.74, 6) is 0.814. The second-order valence-corrected chi connectivity index (χ2v) is 5.00. The molecule has 0 bridgehead atoms. The van der Waals surface area contributed by atoms with Gasteiger partial charge in [-0.05, 0) is 39.2 Å². The lowest BCUT2D eigenvalue weighted by molar-refractivity contribution is -0.125. The van der Waals surface area contributed by atoms with Gasteiger partial charge in [0.05, 0.1) is 6.04 Å². The fourth-order valence-electron chi connectivity index (χ4n) is 2.10. The minimum Gasteiger partial charge on any atom is -0.355 e. The molecule has 0 spiro atoms. The fraction of sp³-hybridized carbons (Fsp3) is 0.917.